The van der Waals surface area contributed by atoms with E-state index in [1.165, 1.54) is 7.05 Å². The van der Waals surface area contributed by atoms with Gasteiger partial charge in [-0.05, 0) is 0 Å². The summed E-state index contributed by atoms with van der Waals surface area (Å²) >= 11 is 3.85. The van der Waals surface area contributed by atoms with Crippen LogP contribution in [0.4, 0.5) is 0 Å². The first-order chi connectivity index (χ1) is 4.63. The molecule has 1 rings (SSSR count). The lowest BCUT2D eigenvalue weighted by molar-refractivity contribution is -0.145. The molecule has 0 N–H and O–H groups in total. The molecule has 0 radical (unpaired) electrons. The minimum atomic E-state index is -0.840. The third kappa shape index (κ3) is 1.02. The second-order valence-corrected chi connectivity index (χ2v) is 2.24. The first kappa shape index (κ1) is 7.20. The Morgan fingerprint density at radius 1 is 1.60 bits per heavy atom. The Morgan fingerprint density at radius 2 is 2.20 bits per heavy atom. The van der Waals surface area contributed by atoms with E-state index >= 15 is 0 Å². The molecule has 0 aromatic heterocycles. The van der Waals surface area contributed by atoms with Gasteiger partial charge in [0.25, 0.3) is 0 Å². The molecule has 5 nitrogen and oxygen atoms in total. The van der Waals surface area contributed by atoms with Gasteiger partial charge in [0.1, 0.15) is 0 Å². The van der Waals surface area contributed by atoms with Crippen molar-refractivity contribution >= 4 is 24.4 Å². The SMILES string of the molecule is CN1C(=O)C(=O)N=NC1S. The second-order valence-electron chi connectivity index (χ2n) is 1.78. The van der Waals surface area contributed by atoms with Crippen molar-refractivity contribution in [3.8, 4) is 0 Å². The zero-order valence-electron chi connectivity index (χ0n) is 5.18. The summed E-state index contributed by atoms with van der Waals surface area (Å²) in [6.07, 6.45) is 0. The van der Waals surface area contributed by atoms with Crippen molar-refractivity contribution in [2.24, 2.45) is 10.2 Å². The minimum absolute atomic E-state index is 0.620. The van der Waals surface area contributed by atoms with Crippen molar-refractivity contribution in [3.63, 3.8) is 0 Å². The Labute approximate surface area is 62.5 Å². The third-order valence-corrected chi connectivity index (χ3v) is 1.55. The Kier molecular flexibility index (Phi) is 1.71. The molecule has 6 heteroatoms. The highest BCUT2D eigenvalue weighted by Crippen LogP contribution is 2.09. The average molecular weight is 159 g/mol. The van der Waals surface area contributed by atoms with Crippen molar-refractivity contribution in [2.75, 3.05) is 7.05 Å². The third-order valence-electron chi connectivity index (χ3n) is 1.10. The zero-order chi connectivity index (χ0) is 7.72. The highest BCUT2D eigenvalue weighted by atomic mass is 32.1. The molecule has 0 aliphatic carbocycles. The summed E-state index contributed by atoms with van der Waals surface area (Å²) < 4.78 is 0. The number of carbonyl (C=O) groups excluding carboxylic acids is 2. The fourth-order valence-corrected chi connectivity index (χ4v) is 0.637. The normalized spacial score (nSPS) is 25.8. The predicted molar refractivity (Wildman–Crippen MR) is 35.4 cm³/mol. The minimum Gasteiger partial charge on any atom is -0.305 e. The van der Waals surface area contributed by atoms with E-state index in [-0.39, 0.29) is 0 Å². The highest BCUT2D eigenvalue weighted by Gasteiger charge is 2.27. The smallest absolute Gasteiger partial charge is 0.305 e. The van der Waals surface area contributed by atoms with E-state index < -0.39 is 17.3 Å². The van der Waals surface area contributed by atoms with Crippen LogP contribution in [0.15, 0.2) is 10.2 Å². The lowest BCUT2D eigenvalue weighted by atomic mass is 10.5. The molecule has 1 atom stereocenters. The molecule has 1 aliphatic heterocycles. The summed E-state index contributed by atoms with van der Waals surface area (Å²) in [7, 11) is 1.44. The van der Waals surface area contributed by atoms with Crippen LogP contribution in [-0.2, 0) is 9.59 Å². The summed E-state index contributed by atoms with van der Waals surface area (Å²) in [6, 6.07) is 0. The fourth-order valence-electron chi connectivity index (χ4n) is 0.480. The summed E-state index contributed by atoms with van der Waals surface area (Å²) in [5.41, 5.74) is -0.620. The number of azo groups is 1. The molecule has 0 fully saturated rings. The number of amides is 2. The van der Waals surface area contributed by atoms with E-state index in [0.29, 0.717) is 0 Å². The molecule has 54 valence electrons. The Balaban J connectivity index is 2.89. The van der Waals surface area contributed by atoms with E-state index in [9.17, 15) is 9.59 Å². The summed E-state index contributed by atoms with van der Waals surface area (Å²) in [6.45, 7) is 0. The predicted octanol–water partition coefficient (Wildman–Crippen LogP) is -0.349. The van der Waals surface area contributed by atoms with Crippen LogP contribution in [0.3, 0.4) is 0 Å². The van der Waals surface area contributed by atoms with Gasteiger partial charge in [0.05, 0.1) is 0 Å². The van der Waals surface area contributed by atoms with Crippen molar-refractivity contribution in [3.05, 3.63) is 0 Å². The molecule has 0 saturated heterocycles. The maximum absolute atomic E-state index is 10.7. The van der Waals surface area contributed by atoms with Gasteiger partial charge in [0, 0.05) is 7.05 Å². The number of nitrogens with zero attached hydrogens (tertiary/aromatic N) is 3. The fraction of sp³-hybridized carbons (Fsp3) is 0.500. The lowest BCUT2D eigenvalue weighted by Gasteiger charge is -2.20. The largest absolute Gasteiger partial charge is 0.353 e. The van der Waals surface area contributed by atoms with Gasteiger partial charge in [-0.2, -0.15) is 0 Å². The summed E-state index contributed by atoms with van der Waals surface area (Å²) in [5, 5.41) is 6.45. The van der Waals surface area contributed by atoms with Gasteiger partial charge >= 0.3 is 11.8 Å². The molecule has 0 aromatic carbocycles. The Bertz CT molecular complexity index is 215. The summed E-state index contributed by atoms with van der Waals surface area (Å²) in [5.74, 6) is -1.51. The monoisotopic (exact) mass is 159 g/mol. The molecule has 0 aromatic rings. The molecular formula is C4H5N3O2S. The number of carbonyl (C=O) groups is 2. The van der Waals surface area contributed by atoms with Gasteiger partial charge in [0.2, 0.25) is 0 Å². The molecule has 0 saturated carbocycles. The van der Waals surface area contributed by atoms with Crippen molar-refractivity contribution < 1.29 is 9.59 Å². The zero-order valence-corrected chi connectivity index (χ0v) is 6.08. The van der Waals surface area contributed by atoms with Gasteiger partial charge in [-0.3, -0.25) is 9.59 Å². The standard InChI is InChI=1S/C4H5N3O2S/c1-7-3(9)2(8)5-6-4(7)10/h4,10H,1H3. The van der Waals surface area contributed by atoms with E-state index in [2.05, 4.69) is 22.9 Å². The van der Waals surface area contributed by atoms with Gasteiger partial charge in [-0.15, -0.1) is 22.9 Å². The van der Waals surface area contributed by atoms with E-state index in [1.807, 2.05) is 0 Å². The molecular weight excluding hydrogens is 154 g/mol. The number of thiol groups is 1. The van der Waals surface area contributed by atoms with Crippen molar-refractivity contribution in [1.29, 1.82) is 0 Å². The van der Waals surface area contributed by atoms with Crippen LogP contribution in [0, 0.1) is 0 Å². The number of rotatable bonds is 0. The van der Waals surface area contributed by atoms with Gasteiger partial charge in [0.15, 0.2) is 5.50 Å². The lowest BCUT2D eigenvalue weighted by Crippen LogP contribution is -2.39. The highest BCUT2D eigenvalue weighted by molar-refractivity contribution is 7.80. The topological polar surface area (TPSA) is 62.1 Å². The van der Waals surface area contributed by atoms with Crippen LogP contribution in [-0.4, -0.2) is 29.3 Å². The van der Waals surface area contributed by atoms with Gasteiger partial charge in [-0.25, -0.2) is 0 Å². The maximum Gasteiger partial charge on any atom is 0.353 e. The average Bonchev–Trinajstić information content (AvgIpc) is 1.93. The molecule has 1 aliphatic rings. The molecule has 2 amide bonds. The molecule has 1 heterocycles. The van der Waals surface area contributed by atoms with Gasteiger partial charge in [-0.1, -0.05) is 0 Å². The number of likely N-dealkylation sites (N-methyl/N-ethyl adjacent to an activating group) is 1. The van der Waals surface area contributed by atoms with E-state index in [4.69, 9.17) is 0 Å². The number of hydrogen-bond acceptors (Lipinski definition) is 4. The second kappa shape index (κ2) is 2.37. The van der Waals surface area contributed by atoms with Crippen LogP contribution >= 0.6 is 12.6 Å². The molecule has 0 spiro atoms. The first-order valence-corrected chi connectivity index (χ1v) is 3.04. The summed E-state index contributed by atoms with van der Waals surface area (Å²) in [4.78, 5) is 22.3. The van der Waals surface area contributed by atoms with Crippen LogP contribution < -0.4 is 0 Å². The van der Waals surface area contributed by atoms with Gasteiger partial charge < -0.3 is 4.90 Å². The molecule has 10 heavy (non-hydrogen) atoms. The Morgan fingerprint density at radius 3 is 2.70 bits per heavy atom. The van der Waals surface area contributed by atoms with Crippen LogP contribution in [0.1, 0.15) is 0 Å². The maximum atomic E-state index is 10.7. The van der Waals surface area contributed by atoms with Crippen molar-refractivity contribution in [1.82, 2.24) is 4.90 Å². The van der Waals surface area contributed by atoms with Crippen LogP contribution in [0.2, 0.25) is 0 Å². The first-order valence-electron chi connectivity index (χ1n) is 2.53. The van der Waals surface area contributed by atoms with Crippen molar-refractivity contribution in [2.45, 2.75) is 5.50 Å². The van der Waals surface area contributed by atoms with Crippen LogP contribution in [0.5, 0.6) is 0 Å². The van der Waals surface area contributed by atoms with E-state index in [1.54, 1.807) is 0 Å². The Hall–Kier alpha value is -0.910. The van der Waals surface area contributed by atoms with E-state index in [0.717, 1.165) is 4.90 Å². The quantitative estimate of drug-likeness (QED) is 0.388. The molecule has 0 bridgehead atoms. The molecule has 1 unspecified atom stereocenters. The van der Waals surface area contributed by atoms with Crippen LogP contribution in [0.25, 0.3) is 0 Å². The number of hydrogen-bond donors (Lipinski definition) is 1.